The number of nitrogens with zero attached hydrogens (tertiary/aromatic N) is 2. The first-order valence-corrected chi connectivity index (χ1v) is 10.7. The van der Waals surface area contributed by atoms with Gasteiger partial charge in [0, 0.05) is 31.2 Å². The van der Waals surface area contributed by atoms with Gasteiger partial charge < -0.3 is 4.90 Å². The van der Waals surface area contributed by atoms with Crippen LogP contribution in [-0.4, -0.2) is 40.0 Å². The summed E-state index contributed by atoms with van der Waals surface area (Å²) in [5, 5.41) is 11.0. The highest BCUT2D eigenvalue weighted by molar-refractivity contribution is 5.92. The molecule has 3 aromatic rings. The largest absolute Gasteiger partial charge is 0.339 e. The van der Waals surface area contributed by atoms with E-state index in [-0.39, 0.29) is 5.91 Å². The number of carbonyl (C=O) groups is 2. The Morgan fingerprint density at radius 3 is 2.50 bits per heavy atom. The fraction of sp³-hybridized carbons (Fsp3) is 0.192. The zero-order chi connectivity index (χ0) is 22.3. The topological polar surface area (TPSA) is 82.5 Å². The predicted octanol–water partition coefficient (Wildman–Crippen LogP) is 4.17. The molecule has 0 bridgehead atoms. The van der Waals surface area contributed by atoms with Crippen LogP contribution in [0.5, 0.6) is 0 Å². The molecular weight excluding hydrogens is 402 g/mol. The second kappa shape index (κ2) is 10.0. The fourth-order valence-electron chi connectivity index (χ4n) is 4.03. The SMILES string of the molecule is O=C(C=Cc1cccc(C=CC(=O)N2CCCC(c3ccc4ccccc4c3)C2)n1)NO. The van der Waals surface area contributed by atoms with Gasteiger partial charge in [-0.05, 0) is 53.5 Å². The second-order valence-corrected chi connectivity index (χ2v) is 7.86. The number of aromatic nitrogens is 1. The van der Waals surface area contributed by atoms with E-state index in [2.05, 4.69) is 35.3 Å². The Labute approximate surface area is 186 Å². The third-order valence-corrected chi connectivity index (χ3v) is 5.68. The molecule has 1 unspecified atom stereocenters. The molecule has 0 saturated carbocycles. The van der Waals surface area contributed by atoms with Gasteiger partial charge >= 0.3 is 0 Å². The standard InChI is InChI=1S/C26H25N3O3/c30-25(28-32)14-12-23-8-3-9-24(27-23)13-15-26(31)29-16-4-7-22(18-29)21-11-10-19-5-1-2-6-20(19)17-21/h1-3,5-6,8-15,17,22,32H,4,7,16,18H2,(H,28,30). The van der Waals surface area contributed by atoms with Crippen molar-refractivity contribution in [2.24, 2.45) is 0 Å². The Morgan fingerprint density at radius 2 is 1.72 bits per heavy atom. The van der Waals surface area contributed by atoms with Gasteiger partial charge in [-0.1, -0.05) is 48.5 Å². The molecule has 1 aliphatic rings. The van der Waals surface area contributed by atoms with Crippen molar-refractivity contribution in [2.45, 2.75) is 18.8 Å². The first-order valence-electron chi connectivity index (χ1n) is 10.7. The zero-order valence-electron chi connectivity index (χ0n) is 17.6. The summed E-state index contributed by atoms with van der Waals surface area (Å²) >= 11 is 0. The van der Waals surface area contributed by atoms with Gasteiger partial charge in [0.15, 0.2) is 0 Å². The third kappa shape index (κ3) is 5.28. The normalized spacial score (nSPS) is 16.7. The van der Waals surface area contributed by atoms with Crippen molar-refractivity contribution < 1.29 is 14.8 Å². The average Bonchev–Trinajstić information content (AvgIpc) is 2.85. The van der Waals surface area contributed by atoms with Crippen LogP contribution >= 0.6 is 0 Å². The van der Waals surface area contributed by atoms with Crippen LogP contribution in [0.4, 0.5) is 0 Å². The number of rotatable bonds is 5. The summed E-state index contributed by atoms with van der Waals surface area (Å²) in [6.45, 7) is 1.45. The summed E-state index contributed by atoms with van der Waals surface area (Å²) in [5.41, 5.74) is 3.98. The van der Waals surface area contributed by atoms with Crippen LogP contribution in [0.2, 0.25) is 0 Å². The fourth-order valence-corrected chi connectivity index (χ4v) is 4.03. The predicted molar refractivity (Wildman–Crippen MR) is 125 cm³/mol. The Kier molecular flexibility index (Phi) is 6.72. The van der Waals surface area contributed by atoms with E-state index >= 15 is 0 Å². The van der Waals surface area contributed by atoms with Crippen molar-refractivity contribution >= 4 is 34.7 Å². The van der Waals surface area contributed by atoms with Gasteiger partial charge in [-0.15, -0.1) is 0 Å². The number of pyridine rings is 1. The molecule has 6 nitrogen and oxygen atoms in total. The lowest BCUT2D eigenvalue weighted by molar-refractivity contribution is -0.127. The molecule has 1 aliphatic heterocycles. The van der Waals surface area contributed by atoms with Gasteiger partial charge in [-0.25, -0.2) is 10.5 Å². The highest BCUT2D eigenvalue weighted by Gasteiger charge is 2.23. The third-order valence-electron chi connectivity index (χ3n) is 5.68. The summed E-state index contributed by atoms with van der Waals surface area (Å²) < 4.78 is 0. The van der Waals surface area contributed by atoms with Crippen LogP contribution in [0.15, 0.2) is 72.8 Å². The number of fused-ring (bicyclic) bond motifs is 1. The molecule has 1 saturated heterocycles. The lowest BCUT2D eigenvalue weighted by Gasteiger charge is -2.32. The minimum Gasteiger partial charge on any atom is -0.339 e. The quantitative estimate of drug-likeness (QED) is 0.364. The number of piperidine rings is 1. The summed E-state index contributed by atoms with van der Waals surface area (Å²) in [4.78, 5) is 30.2. The Balaban J connectivity index is 1.42. The van der Waals surface area contributed by atoms with Gasteiger partial charge in [0.2, 0.25) is 5.91 Å². The first-order chi connectivity index (χ1) is 15.6. The van der Waals surface area contributed by atoms with Gasteiger partial charge in [0.1, 0.15) is 0 Å². The number of nitrogens with one attached hydrogen (secondary N) is 1. The molecule has 2 N–H and O–H groups in total. The van der Waals surface area contributed by atoms with Gasteiger partial charge in [-0.3, -0.25) is 14.8 Å². The van der Waals surface area contributed by atoms with Gasteiger partial charge in [-0.2, -0.15) is 0 Å². The highest BCUT2D eigenvalue weighted by Crippen LogP contribution is 2.29. The molecule has 0 aliphatic carbocycles. The molecule has 32 heavy (non-hydrogen) atoms. The van der Waals surface area contributed by atoms with E-state index in [0.29, 0.717) is 23.9 Å². The molecule has 0 spiro atoms. The molecule has 0 radical (unpaired) electrons. The number of hydrogen-bond donors (Lipinski definition) is 2. The Morgan fingerprint density at radius 1 is 0.969 bits per heavy atom. The van der Waals surface area contributed by atoms with Gasteiger partial charge in [0.25, 0.3) is 5.91 Å². The molecule has 2 heterocycles. The number of benzene rings is 2. The summed E-state index contributed by atoms with van der Waals surface area (Å²) in [6.07, 6.45) is 7.96. The van der Waals surface area contributed by atoms with Gasteiger partial charge in [0.05, 0.1) is 11.4 Å². The summed E-state index contributed by atoms with van der Waals surface area (Å²) in [7, 11) is 0. The summed E-state index contributed by atoms with van der Waals surface area (Å²) in [5.74, 6) is -0.332. The lowest BCUT2D eigenvalue weighted by atomic mass is 9.89. The van der Waals surface area contributed by atoms with E-state index in [1.807, 2.05) is 17.0 Å². The number of carbonyl (C=O) groups excluding carboxylic acids is 2. The lowest BCUT2D eigenvalue weighted by Crippen LogP contribution is -2.38. The summed E-state index contributed by atoms with van der Waals surface area (Å²) in [6, 6.07) is 20.2. The maximum atomic E-state index is 12.8. The Bertz CT molecular complexity index is 1190. The van der Waals surface area contributed by atoms with Crippen LogP contribution in [-0.2, 0) is 9.59 Å². The maximum absolute atomic E-state index is 12.8. The van der Waals surface area contributed by atoms with Crippen molar-refractivity contribution in [1.82, 2.24) is 15.4 Å². The second-order valence-electron chi connectivity index (χ2n) is 7.86. The minimum atomic E-state index is -0.631. The van der Waals surface area contributed by atoms with Crippen molar-refractivity contribution in [2.75, 3.05) is 13.1 Å². The number of hydrogen-bond acceptors (Lipinski definition) is 4. The van der Waals surface area contributed by atoms with Crippen molar-refractivity contribution in [1.29, 1.82) is 0 Å². The molecule has 1 fully saturated rings. The molecule has 4 rings (SSSR count). The highest BCUT2D eigenvalue weighted by atomic mass is 16.5. The first kappa shape index (κ1) is 21.5. The smallest absolute Gasteiger partial charge is 0.267 e. The molecule has 1 atom stereocenters. The number of likely N-dealkylation sites (tertiary alicyclic amines) is 1. The van der Waals surface area contributed by atoms with E-state index in [0.717, 1.165) is 19.4 Å². The number of hydroxylamine groups is 1. The van der Waals surface area contributed by atoms with Crippen molar-refractivity contribution in [3.8, 4) is 0 Å². The van der Waals surface area contributed by atoms with Crippen LogP contribution < -0.4 is 5.48 Å². The molecule has 162 valence electrons. The van der Waals surface area contributed by atoms with Crippen LogP contribution in [0.3, 0.4) is 0 Å². The van der Waals surface area contributed by atoms with Crippen LogP contribution in [0.1, 0.15) is 35.7 Å². The molecule has 6 heteroatoms. The van der Waals surface area contributed by atoms with E-state index in [9.17, 15) is 9.59 Å². The molecule has 1 aromatic heterocycles. The zero-order valence-corrected chi connectivity index (χ0v) is 17.6. The number of amides is 2. The van der Waals surface area contributed by atoms with E-state index < -0.39 is 5.91 Å². The monoisotopic (exact) mass is 427 g/mol. The van der Waals surface area contributed by atoms with Crippen molar-refractivity contribution in [3.05, 3.63) is 89.8 Å². The van der Waals surface area contributed by atoms with E-state index in [1.54, 1.807) is 30.4 Å². The van der Waals surface area contributed by atoms with Crippen LogP contribution in [0, 0.1) is 0 Å². The molecular formula is C26H25N3O3. The minimum absolute atomic E-state index is 0.0297. The van der Waals surface area contributed by atoms with Crippen molar-refractivity contribution in [3.63, 3.8) is 0 Å². The average molecular weight is 428 g/mol. The van der Waals surface area contributed by atoms with E-state index in [4.69, 9.17) is 5.21 Å². The Hall–Kier alpha value is -3.77. The molecule has 2 amide bonds. The maximum Gasteiger partial charge on any atom is 0.267 e. The van der Waals surface area contributed by atoms with Crippen LogP contribution in [0.25, 0.3) is 22.9 Å². The molecule has 2 aromatic carbocycles. The van der Waals surface area contributed by atoms with E-state index in [1.165, 1.54) is 34.0 Å².